The summed E-state index contributed by atoms with van der Waals surface area (Å²) in [7, 11) is -6.05. The molecular formula is C18H42O3Si3. The highest BCUT2D eigenvalue weighted by Crippen LogP contribution is 2.37. The molecule has 0 rings (SSSR count). The van der Waals surface area contributed by atoms with Crippen molar-refractivity contribution in [2.45, 2.75) is 110 Å². The topological polar surface area (TPSA) is 35.5 Å². The molecule has 0 fully saturated rings. The summed E-state index contributed by atoms with van der Waals surface area (Å²) in [6.45, 7) is 26.3. The molecule has 0 aromatic heterocycles. The van der Waals surface area contributed by atoms with Crippen LogP contribution in [0.2, 0.25) is 45.3 Å². The second kappa shape index (κ2) is 7.86. The summed E-state index contributed by atoms with van der Waals surface area (Å²) in [6, 6.07) is 1.26. The zero-order chi connectivity index (χ0) is 19.6. The third-order valence-electron chi connectivity index (χ3n) is 5.97. The van der Waals surface area contributed by atoms with Crippen molar-refractivity contribution >= 4 is 30.1 Å². The number of carbonyl (C=O) groups excluding carboxylic acids is 1. The minimum atomic E-state index is -2.36. The first-order chi connectivity index (χ1) is 10.5. The van der Waals surface area contributed by atoms with Crippen molar-refractivity contribution in [2.24, 2.45) is 0 Å². The standard InChI is InChI=1S/C18H42O3Si3/c1-13-15-22(7,8)17(3,4)21-24(11,12)18(5,6)20-23(9,10)16(19)14-2/h13-15H2,1-12H3. The van der Waals surface area contributed by atoms with E-state index in [1.807, 2.05) is 20.0 Å². The highest BCUT2D eigenvalue weighted by atomic mass is 28.4. The predicted octanol–water partition coefficient (Wildman–Crippen LogP) is 5.70. The minimum absolute atomic E-state index is 0.0974. The predicted molar refractivity (Wildman–Crippen MR) is 113 cm³/mol. The second-order valence-electron chi connectivity index (χ2n) is 9.66. The Morgan fingerprint density at radius 2 is 1.29 bits per heavy atom. The number of carbonyl (C=O) groups is 1. The average molecular weight is 391 g/mol. The normalized spacial score (nSPS) is 14.8. The fourth-order valence-electron chi connectivity index (χ4n) is 3.07. The Kier molecular flexibility index (Phi) is 7.94. The summed E-state index contributed by atoms with van der Waals surface area (Å²) in [5.41, 5.74) is 0. The van der Waals surface area contributed by atoms with E-state index in [2.05, 4.69) is 60.8 Å². The van der Waals surface area contributed by atoms with Gasteiger partial charge in [0.1, 0.15) is 5.41 Å². The molecule has 3 nitrogen and oxygen atoms in total. The Morgan fingerprint density at radius 1 is 0.833 bits per heavy atom. The van der Waals surface area contributed by atoms with Crippen molar-refractivity contribution in [1.29, 1.82) is 0 Å². The van der Waals surface area contributed by atoms with Gasteiger partial charge < -0.3 is 13.6 Å². The molecule has 0 aromatic carbocycles. The monoisotopic (exact) mass is 390 g/mol. The quantitative estimate of drug-likeness (QED) is 0.449. The summed E-state index contributed by atoms with van der Waals surface area (Å²) < 4.78 is 13.4. The van der Waals surface area contributed by atoms with Gasteiger partial charge in [-0.3, -0.25) is 0 Å². The molecule has 0 saturated carbocycles. The van der Waals surface area contributed by atoms with Crippen molar-refractivity contribution in [3.63, 3.8) is 0 Å². The minimum Gasteiger partial charge on any atom is -0.412 e. The molecule has 0 aliphatic rings. The summed E-state index contributed by atoms with van der Waals surface area (Å²) in [4.78, 5) is 12.3. The zero-order valence-electron chi connectivity index (χ0n) is 18.3. The lowest BCUT2D eigenvalue weighted by atomic mass is 10.5. The van der Waals surface area contributed by atoms with E-state index in [4.69, 9.17) is 8.85 Å². The van der Waals surface area contributed by atoms with Crippen molar-refractivity contribution in [3.8, 4) is 0 Å². The summed E-state index contributed by atoms with van der Waals surface area (Å²) in [6.07, 6.45) is 1.76. The SMILES string of the molecule is CCC[Si](C)(C)C(C)(C)O[Si](C)(C)C(C)(C)O[Si](C)(C)C(=O)CC. The van der Waals surface area contributed by atoms with Crippen LogP contribution in [0.15, 0.2) is 0 Å². The molecule has 24 heavy (non-hydrogen) atoms. The van der Waals surface area contributed by atoms with Crippen LogP contribution in [-0.4, -0.2) is 40.6 Å². The first-order valence-corrected chi connectivity index (χ1v) is 18.4. The van der Waals surface area contributed by atoms with Crippen molar-refractivity contribution in [2.75, 3.05) is 0 Å². The Hall–Kier alpha value is 0.241. The van der Waals surface area contributed by atoms with Crippen molar-refractivity contribution in [3.05, 3.63) is 0 Å². The highest BCUT2D eigenvalue weighted by Gasteiger charge is 2.52. The van der Waals surface area contributed by atoms with Crippen molar-refractivity contribution in [1.82, 2.24) is 0 Å². The third-order valence-corrected chi connectivity index (χ3v) is 18.2. The Morgan fingerprint density at radius 3 is 1.67 bits per heavy atom. The Labute approximate surface area is 154 Å². The first-order valence-electron chi connectivity index (χ1n) is 9.39. The molecule has 0 bridgehead atoms. The Balaban J connectivity index is 5.45. The van der Waals surface area contributed by atoms with E-state index in [0.717, 1.165) is 0 Å². The van der Waals surface area contributed by atoms with Gasteiger partial charge in [0.15, 0.2) is 0 Å². The molecule has 0 amide bonds. The fraction of sp³-hybridized carbons (Fsp3) is 0.944. The fourth-order valence-corrected chi connectivity index (χ4v) is 12.3. The van der Waals surface area contributed by atoms with E-state index in [1.54, 1.807) is 0 Å². The van der Waals surface area contributed by atoms with Crippen LogP contribution in [0.4, 0.5) is 0 Å². The van der Waals surface area contributed by atoms with E-state index in [9.17, 15) is 4.79 Å². The van der Waals surface area contributed by atoms with Gasteiger partial charge in [-0.05, 0) is 53.9 Å². The van der Waals surface area contributed by atoms with Crippen LogP contribution in [0.1, 0.15) is 54.4 Å². The molecule has 0 saturated heterocycles. The van der Waals surface area contributed by atoms with Gasteiger partial charge in [0.2, 0.25) is 8.32 Å². The van der Waals surface area contributed by atoms with Gasteiger partial charge in [-0.25, -0.2) is 0 Å². The lowest BCUT2D eigenvalue weighted by Crippen LogP contribution is -2.66. The van der Waals surface area contributed by atoms with E-state index in [-0.39, 0.29) is 15.9 Å². The zero-order valence-corrected chi connectivity index (χ0v) is 21.3. The summed E-state index contributed by atoms with van der Waals surface area (Å²) in [5.74, 6) is 0. The van der Waals surface area contributed by atoms with Crippen LogP contribution in [-0.2, 0) is 13.6 Å². The van der Waals surface area contributed by atoms with E-state index in [0.29, 0.717) is 6.42 Å². The van der Waals surface area contributed by atoms with Crippen molar-refractivity contribution < 1.29 is 13.6 Å². The summed E-state index contributed by atoms with van der Waals surface area (Å²) >= 11 is 0. The van der Waals surface area contributed by atoms with Gasteiger partial charge >= 0.3 is 0 Å². The van der Waals surface area contributed by atoms with E-state index in [1.165, 1.54) is 12.5 Å². The molecule has 0 aliphatic carbocycles. The van der Waals surface area contributed by atoms with Crippen LogP contribution in [0.3, 0.4) is 0 Å². The lowest BCUT2D eigenvalue weighted by Gasteiger charge is -2.51. The van der Waals surface area contributed by atoms with Crippen LogP contribution in [0.25, 0.3) is 0 Å². The van der Waals surface area contributed by atoms with Crippen LogP contribution >= 0.6 is 0 Å². The van der Waals surface area contributed by atoms with Gasteiger partial charge in [-0.2, -0.15) is 0 Å². The van der Waals surface area contributed by atoms with E-state index < -0.39 is 24.7 Å². The molecular weight excluding hydrogens is 348 g/mol. The number of rotatable bonds is 10. The first kappa shape index (κ1) is 24.2. The van der Waals surface area contributed by atoms with Crippen LogP contribution in [0, 0.1) is 0 Å². The highest BCUT2D eigenvalue weighted by molar-refractivity contribution is 7.00. The van der Waals surface area contributed by atoms with Gasteiger partial charge in [0.25, 0.3) is 8.32 Å². The molecule has 0 heterocycles. The largest absolute Gasteiger partial charge is 0.412 e. The maximum atomic E-state index is 12.3. The maximum Gasteiger partial charge on any atom is 0.259 e. The van der Waals surface area contributed by atoms with E-state index >= 15 is 0 Å². The molecule has 6 heteroatoms. The van der Waals surface area contributed by atoms with Gasteiger partial charge in [-0.15, -0.1) is 0 Å². The molecule has 0 radical (unpaired) electrons. The molecule has 0 aromatic rings. The molecule has 0 aliphatic heterocycles. The molecule has 0 N–H and O–H groups in total. The van der Waals surface area contributed by atoms with Gasteiger partial charge in [-0.1, -0.05) is 39.4 Å². The maximum absolute atomic E-state index is 12.3. The lowest BCUT2D eigenvalue weighted by molar-refractivity contribution is -0.114. The smallest absolute Gasteiger partial charge is 0.259 e. The molecule has 0 unspecified atom stereocenters. The molecule has 0 spiro atoms. The van der Waals surface area contributed by atoms with Gasteiger partial charge in [0, 0.05) is 11.6 Å². The molecule has 144 valence electrons. The third kappa shape index (κ3) is 5.62. The second-order valence-corrected chi connectivity index (χ2v) is 23.3. The Bertz CT molecular complexity index is 441. The van der Waals surface area contributed by atoms with Crippen LogP contribution in [0.5, 0.6) is 0 Å². The summed E-state index contributed by atoms with van der Waals surface area (Å²) in [5, 5.41) is -0.207. The van der Waals surface area contributed by atoms with Crippen LogP contribution < -0.4 is 0 Å². The molecule has 0 atom stereocenters. The average Bonchev–Trinajstić information content (AvgIpc) is 2.34. The van der Waals surface area contributed by atoms with Gasteiger partial charge in [0.05, 0.1) is 13.3 Å². The number of hydrogen-bond donors (Lipinski definition) is 0. The number of hydrogen-bond acceptors (Lipinski definition) is 3.